The van der Waals surface area contributed by atoms with E-state index in [1.165, 1.54) is 0 Å². The number of ether oxygens (including phenoxy) is 1. The Balaban J connectivity index is 1.85. The van der Waals surface area contributed by atoms with E-state index in [0.717, 1.165) is 55.8 Å². The number of aromatic amines is 1. The Bertz CT molecular complexity index is 1150. The molecule has 3 aromatic rings. The minimum absolute atomic E-state index is 0.113. The minimum Gasteiger partial charge on any atom is -0.494 e. The molecule has 0 saturated carbocycles. The molecule has 1 fully saturated rings. The van der Waals surface area contributed by atoms with Crippen molar-refractivity contribution in [2.75, 3.05) is 39.3 Å². The van der Waals surface area contributed by atoms with Gasteiger partial charge in [-0.25, -0.2) is 4.68 Å². The third-order valence-corrected chi connectivity index (χ3v) is 6.85. The number of likely N-dealkylation sites (N-methyl/N-ethyl adjacent to an activating group) is 1. The van der Waals surface area contributed by atoms with Crippen molar-refractivity contribution in [1.82, 2.24) is 35.0 Å². The number of tetrazole rings is 1. The average molecular weight is 454 g/mol. The van der Waals surface area contributed by atoms with Crippen molar-refractivity contribution < 1.29 is 4.74 Å². The van der Waals surface area contributed by atoms with Crippen LogP contribution in [0.4, 0.5) is 0 Å². The van der Waals surface area contributed by atoms with Crippen LogP contribution in [-0.2, 0) is 5.54 Å². The molecule has 2 aromatic heterocycles. The molecule has 9 heteroatoms. The highest BCUT2D eigenvalue weighted by Gasteiger charge is 2.35. The fourth-order valence-electron chi connectivity index (χ4n) is 4.44. The zero-order valence-corrected chi connectivity index (χ0v) is 20.3. The fourth-order valence-corrected chi connectivity index (χ4v) is 4.44. The number of benzene rings is 1. The van der Waals surface area contributed by atoms with Gasteiger partial charge in [-0.05, 0) is 68.4 Å². The number of rotatable bonds is 8. The molecule has 33 heavy (non-hydrogen) atoms. The van der Waals surface area contributed by atoms with E-state index in [4.69, 9.17) is 4.74 Å². The zero-order valence-electron chi connectivity index (χ0n) is 20.3. The molecule has 1 aliphatic heterocycles. The quantitative estimate of drug-likeness (QED) is 0.561. The first-order valence-corrected chi connectivity index (χ1v) is 11.9. The van der Waals surface area contributed by atoms with Gasteiger partial charge in [0, 0.05) is 42.6 Å². The molecule has 1 atom stereocenters. The molecule has 1 aromatic carbocycles. The summed E-state index contributed by atoms with van der Waals surface area (Å²) in [5.41, 5.74) is 1.06. The summed E-state index contributed by atoms with van der Waals surface area (Å²) in [6, 6.07) is 7.39. The van der Waals surface area contributed by atoms with Crippen molar-refractivity contribution in [1.29, 1.82) is 0 Å². The van der Waals surface area contributed by atoms with E-state index in [2.05, 4.69) is 58.0 Å². The van der Waals surface area contributed by atoms with Gasteiger partial charge in [-0.2, -0.15) is 0 Å². The lowest BCUT2D eigenvalue weighted by molar-refractivity contribution is 0.105. The van der Waals surface area contributed by atoms with Gasteiger partial charge in [0.25, 0.3) is 5.56 Å². The summed E-state index contributed by atoms with van der Waals surface area (Å²) in [7, 11) is 0. The van der Waals surface area contributed by atoms with Crippen LogP contribution in [0.15, 0.2) is 29.1 Å². The van der Waals surface area contributed by atoms with Crippen molar-refractivity contribution in [2.24, 2.45) is 0 Å². The summed E-state index contributed by atoms with van der Waals surface area (Å²) >= 11 is 0. The molecule has 0 bridgehead atoms. The van der Waals surface area contributed by atoms with Crippen LogP contribution in [0.2, 0.25) is 0 Å². The lowest BCUT2D eigenvalue weighted by Gasteiger charge is -2.39. The van der Waals surface area contributed by atoms with Gasteiger partial charge in [0.1, 0.15) is 11.8 Å². The molecule has 3 heterocycles. The molecule has 9 nitrogen and oxygen atoms in total. The minimum atomic E-state index is -0.339. The van der Waals surface area contributed by atoms with Crippen LogP contribution in [-0.4, -0.2) is 74.3 Å². The van der Waals surface area contributed by atoms with E-state index < -0.39 is 0 Å². The van der Waals surface area contributed by atoms with Crippen molar-refractivity contribution in [3.05, 3.63) is 46.0 Å². The molecule has 0 aliphatic carbocycles. The molecule has 0 unspecified atom stereocenters. The number of H-pyrrole nitrogens is 1. The molecule has 1 N–H and O–H groups in total. The number of piperazine rings is 1. The van der Waals surface area contributed by atoms with E-state index in [1.807, 2.05) is 35.9 Å². The highest BCUT2D eigenvalue weighted by molar-refractivity contribution is 5.80. The predicted molar refractivity (Wildman–Crippen MR) is 129 cm³/mol. The fraction of sp³-hybridized carbons (Fsp3) is 0.583. The predicted octanol–water partition coefficient (Wildman–Crippen LogP) is 2.79. The lowest BCUT2D eigenvalue weighted by Crippen LogP contribution is -2.49. The van der Waals surface area contributed by atoms with Gasteiger partial charge in [0.15, 0.2) is 5.82 Å². The lowest BCUT2D eigenvalue weighted by atomic mass is 9.99. The number of nitrogens with one attached hydrogen (secondary N) is 1. The second-order valence-electron chi connectivity index (χ2n) is 9.22. The largest absolute Gasteiger partial charge is 0.494 e. The molecule has 178 valence electrons. The number of fused-ring (bicyclic) bond motifs is 1. The molecular weight excluding hydrogens is 418 g/mol. The molecular formula is C24H35N7O2. The molecule has 0 spiro atoms. The summed E-state index contributed by atoms with van der Waals surface area (Å²) in [5.74, 6) is 1.49. The second kappa shape index (κ2) is 9.61. The average Bonchev–Trinajstić information content (AvgIpc) is 3.31. The number of hydrogen-bond donors (Lipinski definition) is 1. The monoisotopic (exact) mass is 453 g/mol. The van der Waals surface area contributed by atoms with E-state index in [-0.39, 0.29) is 17.1 Å². The Labute approximate surface area is 194 Å². The van der Waals surface area contributed by atoms with Crippen molar-refractivity contribution in [2.45, 2.75) is 52.6 Å². The topological polar surface area (TPSA) is 92.2 Å². The maximum absolute atomic E-state index is 13.4. The van der Waals surface area contributed by atoms with Crippen LogP contribution in [0.3, 0.4) is 0 Å². The third-order valence-electron chi connectivity index (χ3n) is 6.85. The standard InChI is InChI=1S/C24H35N7O2/c1-6-24(4,5)31-22(26-27-28-31)21(30-13-11-29(7-2)12-14-30)19-16-17-15-18(33-8-3)9-10-20(17)25-23(19)32/h9-10,15-16,21H,6-8,11-14H2,1-5H3,(H,25,32)/t21-/m0/s1. The van der Waals surface area contributed by atoms with Gasteiger partial charge in [-0.3, -0.25) is 9.69 Å². The van der Waals surface area contributed by atoms with Crippen molar-refractivity contribution in [3.63, 3.8) is 0 Å². The Hall–Kier alpha value is -2.78. The molecule has 0 amide bonds. The van der Waals surface area contributed by atoms with Gasteiger partial charge < -0.3 is 14.6 Å². The van der Waals surface area contributed by atoms with Crippen LogP contribution in [0.5, 0.6) is 5.75 Å². The highest BCUT2D eigenvalue weighted by atomic mass is 16.5. The van der Waals surface area contributed by atoms with Crippen LogP contribution in [0.25, 0.3) is 10.9 Å². The first-order valence-electron chi connectivity index (χ1n) is 11.9. The summed E-state index contributed by atoms with van der Waals surface area (Å²) < 4.78 is 7.58. The maximum Gasteiger partial charge on any atom is 0.253 e. The number of hydrogen-bond acceptors (Lipinski definition) is 7. The van der Waals surface area contributed by atoms with E-state index in [9.17, 15) is 4.79 Å². The maximum atomic E-state index is 13.4. The Kier molecular flexibility index (Phi) is 6.81. The first-order chi connectivity index (χ1) is 15.9. The summed E-state index contributed by atoms with van der Waals surface area (Å²) in [5, 5.41) is 13.8. The smallest absolute Gasteiger partial charge is 0.253 e. The molecule has 1 saturated heterocycles. The Morgan fingerprint density at radius 2 is 1.88 bits per heavy atom. The van der Waals surface area contributed by atoms with E-state index in [0.29, 0.717) is 18.0 Å². The van der Waals surface area contributed by atoms with Gasteiger partial charge in [-0.1, -0.05) is 13.8 Å². The zero-order chi connectivity index (χ0) is 23.6. The van der Waals surface area contributed by atoms with Gasteiger partial charge >= 0.3 is 0 Å². The van der Waals surface area contributed by atoms with Gasteiger partial charge in [0.2, 0.25) is 0 Å². The molecule has 4 rings (SSSR count). The first kappa shape index (κ1) is 23.4. The van der Waals surface area contributed by atoms with Crippen LogP contribution >= 0.6 is 0 Å². The van der Waals surface area contributed by atoms with Gasteiger partial charge in [0.05, 0.1) is 12.1 Å². The van der Waals surface area contributed by atoms with E-state index in [1.54, 1.807) is 0 Å². The van der Waals surface area contributed by atoms with Gasteiger partial charge in [-0.15, -0.1) is 5.10 Å². The highest BCUT2D eigenvalue weighted by Crippen LogP contribution is 2.31. The number of aromatic nitrogens is 5. The Morgan fingerprint density at radius 1 is 1.12 bits per heavy atom. The second-order valence-corrected chi connectivity index (χ2v) is 9.22. The van der Waals surface area contributed by atoms with Crippen molar-refractivity contribution in [3.8, 4) is 5.75 Å². The summed E-state index contributed by atoms with van der Waals surface area (Å²) in [6.07, 6.45) is 0.868. The number of pyridine rings is 1. The Morgan fingerprint density at radius 3 is 2.55 bits per heavy atom. The summed E-state index contributed by atoms with van der Waals surface area (Å²) in [4.78, 5) is 21.2. The van der Waals surface area contributed by atoms with Crippen LogP contribution in [0.1, 0.15) is 58.5 Å². The SMILES string of the molecule is CCOc1ccc2[nH]c(=O)c([C@@H](c3nnnn3C(C)(C)CC)N3CCN(CC)CC3)cc2c1. The third kappa shape index (κ3) is 4.65. The normalized spacial score (nSPS) is 16.9. The molecule has 1 aliphatic rings. The van der Waals surface area contributed by atoms with Crippen LogP contribution < -0.4 is 10.3 Å². The van der Waals surface area contributed by atoms with Crippen LogP contribution in [0, 0.1) is 0 Å². The molecule has 0 radical (unpaired) electrons. The van der Waals surface area contributed by atoms with E-state index >= 15 is 0 Å². The van der Waals surface area contributed by atoms with Crippen molar-refractivity contribution >= 4 is 10.9 Å². The summed E-state index contributed by atoms with van der Waals surface area (Å²) in [6.45, 7) is 15.7. The number of nitrogens with zero attached hydrogens (tertiary/aromatic N) is 6.